The largest absolute Gasteiger partial charge is 0.491 e. The van der Waals surface area contributed by atoms with E-state index in [2.05, 4.69) is 21.4 Å². The molecule has 0 bridgehead atoms. The molecule has 1 atom stereocenters. The molecule has 0 amide bonds. The maximum Gasteiger partial charge on any atom is 0.119 e. The Morgan fingerprint density at radius 2 is 2.00 bits per heavy atom. The molecule has 1 aromatic heterocycles. The van der Waals surface area contributed by atoms with Crippen molar-refractivity contribution in [3.05, 3.63) is 53.6 Å². The standard InChI is InChI=1S/C16H21N3O2/c1-12-5-13(2)7-16(6-12)21-10-15(20)9-18-8-14-3-4-17-11-19-14/h3-7,11,15,18,20H,8-10H2,1-2H3. The summed E-state index contributed by atoms with van der Waals surface area (Å²) in [5, 5.41) is 13.0. The fourth-order valence-electron chi connectivity index (χ4n) is 2.06. The lowest BCUT2D eigenvalue weighted by molar-refractivity contribution is 0.106. The summed E-state index contributed by atoms with van der Waals surface area (Å²) >= 11 is 0. The summed E-state index contributed by atoms with van der Waals surface area (Å²) in [5.41, 5.74) is 3.20. The van der Waals surface area contributed by atoms with Crippen molar-refractivity contribution >= 4 is 0 Å². The highest BCUT2D eigenvalue weighted by Gasteiger charge is 2.06. The van der Waals surface area contributed by atoms with Crippen molar-refractivity contribution in [1.82, 2.24) is 15.3 Å². The average Bonchev–Trinajstić information content (AvgIpc) is 2.45. The van der Waals surface area contributed by atoms with Gasteiger partial charge in [-0.3, -0.25) is 0 Å². The number of rotatable bonds is 7. The van der Waals surface area contributed by atoms with Crippen LogP contribution in [0.5, 0.6) is 5.75 Å². The number of aliphatic hydroxyl groups is 1. The Bertz CT molecular complexity index is 540. The van der Waals surface area contributed by atoms with E-state index in [0.717, 1.165) is 22.6 Å². The fourth-order valence-corrected chi connectivity index (χ4v) is 2.06. The van der Waals surface area contributed by atoms with Crippen LogP contribution in [0.2, 0.25) is 0 Å². The zero-order valence-corrected chi connectivity index (χ0v) is 12.4. The van der Waals surface area contributed by atoms with Crippen LogP contribution in [0.3, 0.4) is 0 Å². The van der Waals surface area contributed by atoms with E-state index in [1.54, 1.807) is 6.20 Å². The highest BCUT2D eigenvalue weighted by Crippen LogP contribution is 2.16. The molecule has 21 heavy (non-hydrogen) atoms. The van der Waals surface area contributed by atoms with Gasteiger partial charge in [-0.05, 0) is 43.2 Å². The molecule has 1 heterocycles. The number of ether oxygens (including phenoxy) is 1. The monoisotopic (exact) mass is 287 g/mol. The molecule has 2 aromatic rings. The minimum Gasteiger partial charge on any atom is -0.491 e. The van der Waals surface area contributed by atoms with E-state index in [4.69, 9.17) is 4.74 Å². The van der Waals surface area contributed by atoms with Gasteiger partial charge in [-0.25, -0.2) is 9.97 Å². The predicted molar refractivity (Wildman–Crippen MR) is 81.2 cm³/mol. The number of benzene rings is 1. The molecule has 112 valence electrons. The quantitative estimate of drug-likeness (QED) is 0.810. The molecule has 5 heteroatoms. The molecule has 1 aromatic carbocycles. The number of nitrogens with zero attached hydrogens (tertiary/aromatic N) is 2. The Labute approximate surface area is 125 Å². The van der Waals surface area contributed by atoms with E-state index < -0.39 is 6.10 Å². The van der Waals surface area contributed by atoms with Crippen LogP contribution in [0.15, 0.2) is 36.8 Å². The third-order valence-corrected chi connectivity index (χ3v) is 2.97. The third-order valence-electron chi connectivity index (χ3n) is 2.97. The number of nitrogens with one attached hydrogen (secondary N) is 1. The molecule has 5 nitrogen and oxygen atoms in total. The lowest BCUT2D eigenvalue weighted by Crippen LogP contribution is -2.31. The zero-order chi connectivity index (χ0) is 15.1. The number of aromatic nitrogens is 2. The van der Waals surface area contributed by atoms with Crippen molar-refractivity contribution in [2.24, 2.45) is 0 Å². The molecule has 2 rings (SSSR count). The topological polar surface area (TPSA) is 67.3 Å². The van der Waals surface area contributed by atoms with Crippen LogP contribution in [0.25, 0.3) is 0 Å². The van der Waals surface area contributed by atoms with Crippen molar-refractivity contribution in [2.45, 2.75) is 26.5 Å². The van der Waals surface area contributed by atoms with E-state index in [9.17, 15) is 5.11 Å². The molecule has 0 aliphatic carbocycles. The van der Waals surface area contributed by atoms with Gasteiger partial charge < -0.3 is 15.2 Å². The maximum absolute atomic E-state index is 9.91. The van der Waals surface area contributed by atoms with Crippen LogP contribution in [-0.4, -0.2) is 34.3 Å². The molecule has 0 saturated heterocycles. The van der Waals surface area contributed by atoms with Crippen LogP contribution < -0.4 is 10.1 Å². The Morgan fingerprint density at radius 3 is 2.67 bits per heavy atom. The second-order valence-corrected chi connectivity index (χ2v) is 5.12. The van der Waals surface area contributed by atoms with Gasteiger partial charge in [0.25, 0.3) is 0 Å². The Kier molecular flexibility index (Phi) is 5.66. The lowest BCUT2D eigenvalue weighted by atomic mass is 10.1. The fraction of sp³-hybridized carbons (Fsp3) is 0.375. The summed E-state index contributed by atoms with van der Waals surface area (Å²) in [4.78, 5) is 7.96. The zero-order valence-electron chi connectivity index (χ0n) is 12.4. The van der Waals surface area contributed by atoms with E-state index in [1.807, 2.05) is 32.0 Å². The summed E-state index contributed by atoms with van der Waals surface area (Å²) < 4.78 is 5.62. The van der Waals surface area contributed by atoms with Crippen molar-refractivity contribution in [3.8, 4) is 5.75 Å². The van der Waals surface area contributed by atoms with Crippen LogP contribution in [0, 0.1) is 13.8 Å². The molecule has 0 aliphatic heterocycles. The molecule has 1 unspecified atom stereocenters. The van der Waals surface area contributed by atoms with Gasteiger partial charge in [-0.2, -0.15) is 0 Å². The van der Waals surface area contributed by atoms with E-state index in [0.29, 0.717) is 13.1 Å². The minimum atomic E-state index is -0.562. The normalized spacial score (nSPS) is 12.1. The van der Waals surface area contributed by atoms with Crippen LogP contribution in [0.4, 0.5) is 0 Å². The van der Waals surface area contributed by atoms with Crippen molar-refractivity contribution in [2.75, 3.05) is 13.2 Å². The molecule has 0 aliphatic rings. The van der Waals surface area contributed by atoms with Crippen LogP contribution >= 0.6 is 0 Å². The van der Waals surface area contributed by atoms with Crippen molar-refractivity contribution in [3.63, 3.8) is 0 Å². The van der Waals surface area contributed by atoms with E-state index in [-0.39, 0.29) is 6.61 Å². The molecule has 0 radical (unpaired) electrons. The van der Waals surface area contributed by atoms with Gasteiger partial charge in [0.15, 0.2) is 0 Å². The molecule has 0 fully saturated rings. The van der Waals surface area contributed by atoms with Gasteiger partial charge in [0.05, 0.1) is 5.69 Å². The van der Waals surface area contributed by atoms with E-state index in [1.165, 1.54) is 6.33 Å². The van der Waals surface area contributed by atoms with Gasteiger partial charge in [0, 0.05) is 19.3 Å². The average molecular weight is 287 g/mol. The third kappa shape index (κ3) is 5.49. The molecular weight excluding hydrogens is 266 g/mol. The Balaban J connectivity index is 1.71. The summed E-state index contributed by atoms with van der Waals surface area (Å²) in [5.74, 6) is 0.794. The van der Waals surface area contributed by atoms with Gasteiger partial charge in [-0.1, -0.05) is 6.07 Å². The highest BCUT2D eigenvalue weighted by molar-refractivity contribution is 5.32. The molecule has 0 spiro atoms. The number of hydrogen-bond donors (Lipinski definition) is 2. The van der Waals surface area contributed by atoms with Gasteiger partial charge >= 0.3 is 0 Å². The number of aliphatic hydroxyl groups excluding tert-OH is 1. The first-order chi connectivity index (χ1) is 10.1. The Morgan fingerprint density at radius 1 is 1.24 bits per heavy atom. The Hall–Kier alpha value is -1.98. The van der Waals surface area contributed by atoms with E-state index >= 15 is 0 Å². The maximum atomic E-state index is 9.91. The first-order valence-corrected chi connectivity index (χ1v) is 6.98. The summed E-state index contributed by atoms with van der Waals surface area (Å²) in [6, 6.07) is 7.86. The second kappa shape index (κ2) is 7.71. The molecule has 0 saturated carbocycles. The molecule has 2 N–H and O–H groups in total. The molecular formula is C16H21N3O2. The summed E-state index contributed by atoms with van der Waals surface area (Å²) in [6.07, 6.45) is 2.65. The highest BCUT2D eigenvalue weighted by atomic mass is 16.5. The first kappa shape index (κ1) is 15.4. The van der Waals surface area contributed by atoms with Gasteiger partial charge in [0.2, 0.25) is 0 Å². The van der Waals surface area contributed by atoms with Crippen molar-refractivity contribution < 1.29 is 9.84 Å². The predicted octanol–water partition coefficient (Wildman–Crippen LogP) is 1.62. The van der Waals surface area contributed by atoms with Crippen LogP contribution in [0.1, 0.15) is 16.8 Å². The minimum absolute atomic E-state index is 0.264. The summed E-state index contributed by atoms with van der Waals surface area (Å²) in [7, 11) is 0. The number of hydrogen-bond acceptors (Lipinski definition) is 5. The lowest BCUT2D eigenvalue weighted by Gasteiger charge is -2.14. The van der Waals surface area contributed by atoms with Crippen LogP contribution in [-0.2, 0) is 6.54 Å². The smallest absolute Gasteiger partial charge is 0.119 e. The second-order valence-electron chi connectivity index (χ2n) is 5.12. The van der Waals surface area contributed by atoms with Gasteiger partial charge in [0.1, 0.15) is 24.8 Å². The van der Waals surface area contributed by atoms with Gasteiger partial charge in [-0.15, -0.1) is 0 Å². The van der Waals surface area contributed by atoms with Crippen molar-refractivity contribution in [1.29, 1.82) is 0 Å². The SMILES string of the molecule is Cc1cc(C)cc(OCC(O)CNCc2ccncn2)c1. The first-order valence-electron chi connectivity index (χ1n) is 6.98. The summed E-state index contributed by atoms with van der Waals surface area (Å²) in [6.45, 7) is 5.37. The number of aryl methyl sites for hydroxylation is 2.